The molecular formula is C21H28N4O4. The zero-order chi connectivity index (χ0) is 20.4. The van der Waals surface area contributed by atoms with Gasteiger partial charge in [0, 0.05) is 25.2 Å². The molecule has 2 aliphatic rings. The van der Waals surface area contributed by atoms with Crippen molar-refractivity contribution in [3.05, 3.63) is 35.5 Å². The van der Waals surface area contributed by atoms with Gasteiger partial charge >= 0.3 is 0 Å². The van der Waals surface area contributed by atoms with Crippen LogP contribution in [0.3, 0.4) is 0 Å². The largest absolute Gasteiger partial charge is 0.493 e. The third-order valence-corrected chi connectivity index (χ3v) is 6.03. The second kappa shape index (κ2) is 8.02. The molecule has 1 spiro atoms. The first-order chi connectivity index (χ1) is 14.0. The van der Waals surface area contributed by atoms with Crippen LogP contribution in [-0.4, -0.2) is 59.7 Å². The van der Waals surface area contributed by atoms with Crippen LogP contribution in [0.15, 0.2) is 22.7 Å². The van der Waals surface area contributed by atoms with E-state index in [0.717, 1.165) is 44.5 Å². The van der Waals surface area contributed by atoms with Crippen molar-refractivity contribution in [3.63, 3.8) is 0 Å². The highest BCUT2D eigenvalue weighted by Crippen LogP contribution is 2.41. The summed E-state index contributed by atoms with van der Waals surface area (Å²) in [5, 5.41) is 3.86. The average molecular weight is 400 g/mol. The minimum atomic E-state index is -0.320. The number of ether oxygens (including phenoxy) is 2. The number of likely N-dealkylation sites (tertiary alicyclic amines) is 2. The molecule has 8 nitrogen and oxygen atoms in total. The highest BCUT2D eigenvalue weighted by molar-refractivity contribution is 5.84. The fourth-order valence-corrected chi connectivity index (χ4v) is 4.65. The van der Waals surface area contributed by atoms with Gasteiger partial charge in [-0.15, -0.1) is 0 Å². The zero-order valence-electron chi connectivity index (χ0n) is 17.3. The van der Waals surface area contributed by atoms with Gasteiger partial charge in [0.2, 0.25) is 11.8 Å². The van der Waals surface area contributed by atoms with Crippen molar-refractivity contribution >= 4 is 5.91 Å². The Labute approximate surface area is 170 Å². The van der Waals surface area contributed by atoms with Crippen molar-refractivity contribution in [2.24, 2.45) is 5.41 Å². The molecule has 0 N–H and O–H groups in total. The Morgan fingerprint density at radius 2 is 2.03 bits per heavy atom. The highest BCUT2D eigenvalue weighted by atomic mass is 16.5. The maximum absolute atomic E-state index is 13.5. The Morgan fingerprint density at radius 3 is 2.76 bits per heavy atom. The van der Waals surface area contributed by atoms with Gasteiger partial charge in [-0.25, -0.2) is 0 Å². The lowest BCUT2D eigenvalue weighted by molar-refractivity contribution is -0.146. The van der Waals surface area contributed by atoms with Crippen molar-refractivity contribution in [1.29, 1.82) is 0 Å². The van der Waals surface area contributed by atoms with Crippen LogP contribution in [-0.2, 0) is 17.9 Å². The van der Waals surface area contributed by atoms with Crippen LogP contribution in [0, 0.1) is 12.3 Å². The van der Waals surface area contributed by atoms with Gasteiger partial charge in [-0.3, -0.25) is 9.69 Å². The molecule has 29 heavy (non-hydrogen) atoms. The smallest absolute Gasteiger partial charge is 0.240 e. The molecule has 1 amide bonds. The number of benzene rings is 1. The summed E-state index contributed by atoms with van der Waals surface area (Å²) in [6, 6.07) is 5.80. The molecule has 8 heteroatoms. The second-order valence-corrected chi connectivity index (χ2v) is 7.96. The molecule has 2 fully saturated rings. The maximum atomic E-state index is 13.5. The van der Waals surface area contributed by atoms with E-state index < -0.39 is 0 Å². The maximum Gasteiger partial charge on any atom is 0.240 e. The summed E-state index contributed by atoms with van der Waals surface area (Å²) < 4.78 is 16.2. The van der Waals surface area contributed by atoms with Crippen LogP contribution < -0.4 is 9.47 Å². The summed E-state index contributed by atoms with van der Waals surface area (Å²) in [5.41, 5.74) is 0.646. The number of hydrogen-bond acceptors (Lipinski definition) is 7. The topological polar surface area (TPSA) is 80.9 Å². The molecule has 2 aromatic rings. The minimum Gasteiger partial charge on any atom is -0.493 e. The van der Waals surface area contributed by atoms with E-state index >= 15 is 0 Å². The molecular weight excluding hydrogens is 372 g/mol. The van der Waals surface area contributed by atoms with Gasteiger partial charge in [-0.1, -0.05) is 17.3 Å². The number of methoxy groups -OCH3 is 2. The third-order valence-electron chi connectivity index (χ3n) is 6.03. The number of nitrogens with zero attached hydrogens (tertiary/aromatic N) is 4. The Morgan fingerprint density at radius 1 is 1.17 bits per heavy atom. The van der Waals surface area contributed by atoms with Gasteiger partial charge in [-0.2, -0.15) is 4.98 Å². The normalized spacial score (nSPS) is 22.4. The summed E-state index contributed by atoms with van der Waals surface area (Å²) in [4.78, 5) is 22.0. The summed E-state index contributed by atoms with van der Waals surface area (Å²) in [6.45, 7) is 5.31. The van der Waals surface area contributed by atoms with Crippen molar-refractivity contribution < 1.29 is 18.8 Å². The van der Waals surface area contributed by atoms with E-state index in [2.05, 4.69) is 15.0 Å². The Hall–Kier alpha value is -2.61. The molecule has 3 heterocycles. The third kappa shape index (κ3) is 3.81. The van der Waals surface area contributed by atoms with Crippen LogP contribution >= 0.6 is 0 Å². The first-order valence-electron chi connectivity index (χ1n) is 10.1. The van der Waals surface area contributed by atoms with Gasteiger partial charge in [0.15, 0.2) is 17.3 Å². The van der Waals surface area contributed by atoms with Gasteiger partial charge in [0.05, 0.1) is 26.2 Å². The lowest BCUT2D eigenvalue weighted by Gasteiger charge is -2.39. The molecule has 1 aromatic heterocycles. The minimum absolute atomic E-state index is 0.234. The van der Waals surface area contributed by atoms with Crippen molar-refractivity contribution in [2.45, 2.75) is 39.3 Å². The van der Waals surface area contributed by atoms with E-state index in [1.54, 1.807) is 14.2 Å². The molecule has 1 unspecified atom stereocenters. The van der Waals surface area contributed by atoms with Gasteiger partial charge in [-0.05, 0) is 38.8 Å². The second-order valence-electron chi connectivity index (χ2n) is 7.96. The molecule has 156 valence electrons. The molecule has 4 rings (SSSR count). The van der Waals surface area contributed by atoms with E-state index in [9.17, 15) is 4.79 Å². The Balaban J connectivity index is 1.47. The van der Waals surface area contributed by atoms with E-state index in [1.807, 2.05) is 30.0 Å². The Bertz CT molecular complexity index is 883. The first-order valence-corrected chi connectivity index (χ1v) is 10.1. The molecule has 2 saturated heterocycles. The number of carbonyl (C=O) groups is 1. The molecule has 0 aliphatic carbocycles. The monoisotopic (exact) mass is 400 g/mol. The SMILES string of the molecule is COc1cccc(CN2CCCC3(CCN(Cc4nc(C)no4)C3)C2=O)c1OC. The number of aromatic nitrogens is 2. The number of rotatable bonds is 6. The molecule has 2 aliphatic heterocycles. The van der Waals surface area contributed by atoms with Crippen LogP contribution in [0.25, 0.3) is 0 Å². The van der Waals surface area contributed by atoms with Crippen LogP contribution in [0.5, 0.6) is 11.5 Å². The van der Waals surface area contributed by atoms with Crippen LogP contribution in [0.2, 0.25) is 0 Å². The van der Waals surface area contributed by atoms with Crippen LogP contribution in [0.1, 0.15) is 36.5 Å². The lowest BCUT2D eigenvalue weighted by Crippen LogP contribution is -2.49. The molecule has 1 aromatic carbocycles. The molecule has 1 atom stereocenters. The van der Waals surface area contributed by atoms with Crippen molar-refractivity contribution in [3.8, 4) is 11.5 Å². The summed E-state index contributed by atoms with van der Waals surface area (Å²) >= 11 is 0. The van der Waals surface area contributed by atoms with Crippen LogP contribution in [0.4, 0.5) is 0 Å². The molecule has 0 bridgehead atoms. The van der Waals surface area contributed by atoms with Crippen molar-refractivity contribution in [2.75, 3.05) is 33.9 Å². The number of hydrogen-bond donors (Lipinski definition) is 0. The van der Waals surface area contributed by atoms with Gasteiger partial charge in [0.1, 0.15) is 0 Å². The standard InChI is InChI=1S/C21H28N4O4/c1-15-22-18(29-23-15)13-24-11-9-21(14-24)8-5-10-25(20(21)26)12-16-6-4-7-17(27-2)19(16)28-3/h4,6-7H,5,8-14H2,1-3H3. The molecule has 0 saturated carbocycles. The predicted molar refractivity (Wildman–Crippen MR) is 106 cm³/mol. The van der Waals surface area contributed by atoms with E-state index in [-0.39, 0.29) is 11.3 Å². The number of aryl methyl sites for hydroxylation is 1. The van der Waals surface area contributed by atoms with Gasteiger partial charge in [0.25, 0.3) is 0 Å². The van der Waals surface area contributed by atoms with E-state index in [1.165, 1.54) is 0 Å². The number of amides is 1. The number of carbonyl (C=O) groups excluding carboxylic acids is 1. The van der Waals surface area contributed by atoms with Gasteiger partial charge < -0.3 is 18.9 Å². The average Bonchev–Trinajstić information content (AvgIpc) is 3.32. The fraction of sp³-hybridized carbons (Fsp3) is 0.571. The summed E-state index contributed by atoms with van der Waals surface area (Å²) in [7, 11) is 3.26. The number of piperidine rings is 1. The highest BCUT2D eigenvalue weighted by Gasteiger charge is 2.48. The first kappa shape index (κ1) is 19.7. The summed E-state index contributed by atoms with van der Waals surface area (Å²) in [5.74, 6) is 2.87. The fourth-order valence-electron chi connectivity index (χ4n) is 4.65. The predicted octanol–water partition coefficient (Wildman–Crippen LogP) is 2.41. The van der Waals surface area contributed by atoms with E-state index in [0.29, 0.717) is 36.3 Å². The lowest BCUT2D eigenvalue weighted by atomic mass is 9.78. The summed E-state index contributed by atoms with van der Waals surface area (Å²) in [6.07, 6.45) is 2.80. The Kier molecular flexibility index (Phi) is 5.45. The number of para-hydroxylation sites is 1. The van der Waals surface area contributed by atoms with E-state index in [4.69, 9.17) is 14.0 Å². The molecule has 0 radical (unpaired) electrons. The van der Waals surface area contributed by atoms with Crippen molar-refractivity contribution in [1.82, 2.24) is 19.9 Å². The quantitative estimate of drug-likeness (QED) is 0.736. The zero-order valence-corrected chi connectivity index (χ0v) is 17.3.